The summed E-state index contributed by atoms with van der Waals surface area (Å²) in [5.41, 5.74) is 3.92. The van der Waals surface area contributed by atoms with E-state index in [1.54, 1.807) is 26.5 Å². The lowest BCUT2D eigenvalue weighted by Crippen LogP contribution is -2.50. The Morgan fingerprint density at radius 1 is 1.08 bits per heavy atom. The van der Waals surface area contributed by atoms with E-state index in [1.165, 1.54) is 0 Å². The van der Waals surface area contributed by atoms with Crippen LogP contribution in [0.15, 0.2) is 43.0 Å². The van der Waals surface area contributed by atoms with E-state index in [-0.39, 0.29) is 6.09 Å². The standard InChI is InChI=1S/C25H27N9O2/c1-25(2,3)36-24(35)33-9-7-32(8-10-33)22-6-5-17(13-27-22)20-11-18(21-16-31(4)30-29-21)15-34-23(20)19(12-26)14-28-34/h5-6,11,13-16H,7-10H2,1-4H3. The molecule has 36 heavy (non-hydrogen) atoms. The number of anilines is 1. The molecule has 0 saturated carbocycles. The van der Waals surface area contributed by atoms with Crippen LogP contribution in [0.5, 0.6) is 0 Å². The number of rotatable bonds is 3. The lowest BCUT2D eigenvalue weighted by Gasteiger charge is -2.36. The van der Waals surface area contributed by atoms with Gasteiger partial charge in [-0.05, 0) is 39.0 Å². The van der Waals surface area contributed by atoms with Gasteiger partial charge < -0.3 is 14.5 Å². The highest BCUT2D eigenvalue weighted by Crippen LogP contribution is 2.32. The highest BCUT2D eigenvalue weighted by atomic mass is 16.6. The summed E-state index contributed by atoms with van der Waals surface area (Å²) in [5, 5.41) is 22.2. The summed E-state index contributed by atoms with van der Waals surface area (Å²) in [5.74, 6) is 0.831. The van der Waals surface area contributed by atoms with Crippen LogP contribution >= 0.6 is 0 Å². The van der Waals surface area contributed by atoms with Crippen LogP contribution in [0.3, 0.4) is 0 Å². The Morgan fingerprint density at radius 3 is 2.47 bits per heavy atom. The normalized spacial score (nSPS) is 14.2. The SMILES string of the molecule is Cn1cc(-c2cc(-c3ccc(N4CCN(C(=O)OC(C)(C)C)CC4)nc3)c3c(C#N)cnn3c2)nn1. The molecule has 11 heteroatoms. The first-order chi connectivity index (χ1) is 17.2. The summed E-state index contributed by atoms with van der Waals surface area (Å²) < 4.78 is 8.82. The third-order valence-corrected chi connectivity index (χ3v) is 5.94. The lowest BCUT2D eigenvalue weighted by molar-refractivity contribution is 0.0240. The van der Waals surface area contributed by atoms with Crippen molar-refractivity contribution in [2.45, 2.75) is 26.4 Å². The van der Waals surface area contributed by atoms with E-state index in [2.05, 4.69) is 26.4 Å². The number of carbonyl (C=O) groups is 1. The summed E-state index contributed by atoms with van der Waals surface area (Å²) in [4.78, 5) is 20.9. The Balaban J connectivity index is 1.40. The van der Waals surface area contributed by atoms with Crippen LogP contribution in [0.1, 0.15) is 26.3 Å². The molecule has 1 fully saturated rings. The fourth-order valence-electron chi connectivity index (χ4n) is 4.22. The summed E-state index contributed by atoms with van der Waals surface area (Å²) in [6.45, 7) is 8.08. The second-order valence-electron chi connectivity index (χ2n) is 9.74. The molecule has 1 aliphatic heterocycles. The predicted octanol–water partition coefficient (Wildman–Crippen LogP) is 3.12. The van der Waals surface area contributed by atoms with Gasteiger partial charge in [-0.1, -0.05) is 5.21 Å². The minimum atomic E-state index is -0.512. The minimum Gasteiger partial charge on any atom is -0.444 e. The number of hydrogen-bond donors (Lipinski definition) is 0. The van der Waals surface area contributed by atoms with Gasteiger partial charge in [0.15, 0.2) is 0 Å². The molecule has 0 bridgehead atoms. The molecule has 0 unspecified atom stereocenters. The van der Waals surface area contributed by atoms with Crippen molar-refractivity contribution >= 4 is 17.4 Å². The molecule has 0 N–H and O–H groups in total. The topological polar surface area (TPSA) is 117 Å². The largest absolute Gasteiger partial charge is 0.444 e. The van der Waals surface area contributed by atoms with Gasteiger partial charge in [-0.2, -0.15) is 10.4 Å². The maximum atomic E-state index is 12.4. The van der Waals surface area contributed by atoms with E-state index < -0.39 is 5.60 Å². The number of piperazine rings is 1. The summed E-state index contributed by atoms with van der Waals surface area (Å²) >= 11 is 0. The Hall–Kier alpha value is -4.46. The number of carbonyl (C=O) groups excluding carboxylic acids is 1. The molecule has 11 nitrogen and oxygen atoms in total. The molecule has 0 aliphatic carbocycles. The zero-order valence-electron chi connectivity index (χ0n) is 20.7. The zero-order chi connectivity index (χ0) is 25.4. The van der Waals surface area contributed by atoms with E-state index in [1.807, 2.05) is 58.4 Å². The van der Waals surface area contributed by atoms with Crippen LogP contribution in [-0.2, 0) is 11.8 Å². The number of fused-ring (bicyclic) bond motifs is 1. The van der Waals surface area contributed by atoms with Gasteiger partial charge in [0, 0.05) is 62.3 Å². The zero-order valence-corrected chi connectivity index (χ0v) is 20.7. The lowest BCUT2D eigenvalue weighted by atomic mass is 10.0. The number of pyridine rings is 2. The molecule has 0 spiro atoms. The van der Waals surface area contributed by atoms with Crippen molar-refractivity contribution in [1.29, 1.82) is 5.26 Å². The summed E-state index contributed by atoms with van der Waals surface area (Å²) in [6.07, 6.45) is 6.75. The molecule has 1 amide bonds. The molecular formula is C25H27N9O2. The van der Waals surface area contributed by atoms with Crippen LogP contribution in [0, 0.1) is 11.3 Å². The van der Waals surface area contributed by atoms with Crippen LogP contribution in [0.4, 0.5) is 10.6 Å². The molecule has 0 radical (unpaired) electrons. The molecule has 1 aliphatic rings. The van der Waals surface area contributed by atoms with Gasteiger partial charge in [-0.25, -0.2) is 14.3 Å². The maximum Gasteiger partial charge on any atom is 0.410 e. The van der Waals surface area contributed by atoms with Gasteiger partial charge in [0.1, 0.15) is 23.2 Å². The van der Waals surface area contributed by atoms with Crippen molar-refractivity contribution in [1.82, 2.24) is 34.5 Å². The van der Waals surface area contributed by atoms with Gasteiger partial charge in [-0.15, -0.1) is 5.10 Å². The first-order valence-electron chi connectivity index (χ1n) is 11.7. The van der Waals surface area contributed by atoms with E-state index in [0.717, 1.165) is 22.5 Å². The van der Waals surface area contributed by atoms with Crippen LogP contribution < -0.4 is 4.90 Å². The van der Waals surface area contributed by atoms with Crippen molar-refractivity contribution in [3.05, 3.63) is 48.5 Å². The number of hydrogen-bond acceptors (Lipinski definition) is 8. The minimum absolute atomic E-state index is 0.286. The monoisotopic (exact) mass is 485 g/mol. The predicted molar refractivity (Wildman–Crippen MR) is 133 cm³/mol. The van der Waals surface area contributed by atoms with Gasteiger partial charge in [0.25, 0.3) is 0 Å². The first-order valence-corrected chi connectivity index (χ1v) is 11.7. The first kappa shape index (κ1) is 23.3. The Morgan fingerprint density at radius 2 is 1.86 bits per heavy atom. The molecule has 184 valence electrons. The van der Waals surface area contributed by atoms with Crippen molar-refractivity contribution < 1.29 is 9.53 Å². The highest BCUT2D eigenvalue weighted by Gasteiger charge is 2.26. The number of amides is 1. The van der Waals surface area contributed by atoms with Gasteiger partial charge in [-0.3, -0.25) is 4.68 Å². The molecular weight excluding hydrogens is 458 g/mol. The number of ether oxygens (including phenoxy) is 1. The average molecular weight is 486 g/mol. The molecule has 4 aromatic heterocycles. The maximum absolute atomic E-state index is 12.4. The van der Waals surface area contributed by atoms with Crippen LogP contribution in [-0.4, -0.2) is 72.4 Å². The van der Waals surface area contributed by atoms with E-state index >= 15 is 0 Å². The smallest absolute Gasteiger partial charge is 0.410 e. The highest BCUT2D eigenvalue weighted by molar-refractivity contribution is 5.87. The molecule has 0 aromatic carbocycles. The van der Waals surface area contributed by atoms with Gasteiger partial charge >= 0.3 is 6.09 Å². The molecule has 4 aromatic rings. The van der Waals surface area contributed by atoms with Crippen molar-refractivity contribution in [2.24, 2.45) is 7.05 Å². The molecule has 1 saturated heterocycles. The summed E-state index contributed by atoms with van der Waals surface area (Å²) in [6, 6.07) is 8.17. The molecule has 0 atom stereocenters. The van der Waals surface area contributed by atoms with Crippen molar-refractivity contribution in [3.63, 3.8) is 0 Å². The van der Waals surface area contributed by atoms with Gasteiger partial charge in [0.05, 0.1) is 23.5 Å². The fourth-order valence-corrected chi connectivity index (χ4v) is 4.22. The Kier molecular flexibility index (Phi) is 5.80. The van der Waals surface area contributed by atoms with E-state index in [4.69, 9.17) is 9.72 Å². The Labute approximate surface area is 208 Å². The molecule has 5 rings (SSSR count). The fraction of sp³-hybridized carbons (Fsp3) is 0.360. The van der Waals surface area contributed by atoms with Crippen LogP contribution in [0.2, 0.25) is 0 Å². The molecule has 5 heterocycles. The van der Waals surface area contributed by atoms with E-state index in [0.29, 0.717) is 43.0 Å². The second kappa shape index (κ2) is 8.96. The Bertz CT molecular complexity index is 1450. The second-order valence-corrected chi connectivity index (χ2v) is 9.74. The van der Waals surface area contributed by atoms with Crippen molar-refractivity contribution in [2.75, 3.05) is 31.1 Å². The number of nitrogens with zero attached hydrogens (tertiary/aromatic N) is 9. The number of nitriles is 1. The summed E-state index contributed by atoms with van der Waals surface area (Å²) in [7, 11) is 1.81. The van der Waals surface area contributed by atoms with E-state index in [9.17, 15) is 10.1 Å². The third kappa shape index (κ3) is 4.57. The average Bonchev–Trinajstić information content (AvgIpc) is 3.48. The van der Waals surface area contributed by atoms with Crippen molar-refractivity contribution in [3.8, 4) is 28.5 Å². The quantitative estimate of drug-likeness (QED) is 0.434. The number of aromatic nitrogens is 6. The van der Waals surface area contributed by atoms with Crippen LogP contribution in [0.25, 0.3) is 27.9 Å². The number of aryl methyl sites for hydroxylation is 1. The van der Waals surface area contributed by atoms with Gasteiger partial charge in [0.2, 0.25) is 0 Å². The third-order valence-electron chi connectivity index (χ3n) is 5.94.